The summed E-state index contributed by atoms with van der Waals surface area (Å²) in [6.07, 6.45) is -4.60. The predicted octanol–water partition coefficient (Wildman–Crippen LogP) is -0.345. The monoisotopic (exact) mass is 491 g/mol. The number of phosphoric ester groups is 1. The smallest absolute Gasteiger partial charge is 0.387 e. The number of phosphoric acid groups is 1. The number of aliphatic hydroxyl groups excluding tert-OH is 2. The minimum atomic E-state index is -4.92. The van der Waals surface area contributed by atoms with Crippen molar-refractivity contribution in [2.24, 2.45) is 0 Å². The lowest BCUT2D eigenvalue weighted by Gasteiger charge is -2.18. The number of hydrogen-bond donors (Lipinski definition) is 4. The van der Waals surface area contributed by atoms with E-state index < -0.39 is 58.5 Å². The molecule has 1 aromatic carbocycles. The van der Waals surface area contributed by atoms with Crippen molar-refractivity contribution in [3.63, 3.8) is 0 Å². The molecule has 2 aromatic rings. The molecule has 15 heteroatoms. The highest BCUT2D eigenvalue weighted by molar-refractivity contribution is 7.55. The highest BCUT2D eigenvalue weighted by Gasteiger charge is 2.46. The Kier molecular flexibility index (Phi) is 7.88. The van der Waals surface area contributed by atoms with Crippen molar-refractivity contribution in [2.45, 2.75) is 37.5 Å². The summed E-state index contributed by atoms with van der Waals surface area (Å²) in [6.45, 7) is -0.737. The zero-order valence-electron chi connectivity index (χ0n) is 16.4. The summed E-state index contributed by atoms with van der Waals surface area (Å²) in [5, 5.41) is 20.5. The van der Waals surface area contributed by atoms with Crippen molar-refractivity contribution < 1.29 is 42.7 Å². The molecule has 1 aromatic heterocycles. The molecule has 1 aliphatic rings. The minimum absolute atomic E-state index is 0.0603. The van der Waals surface area contributed by atoms with Crippen LogP contribution < -0.4 is 11.2 Å². The summed E-state index contributed by atoms with van der Waals surface area (Å²) in [4.78, 5) is 42.9. The van der Waals surface area contributed by atoms with Gasteiger partial charge in [-0.3, -0.25) is 23.3 Å². The third-order valence-corrected chi connectivity index (χ3v) is 6.61. The molecule has 5 unspecified atom stereocenters. The number of benzene rings is 1. The van der Waals surface area contributed by atoms with Gasteiger partial charge >= 0.3 is 21.8 Å². The first kappa shape index (κ1) is 24.6. The standard InChI is InChI=1S/C17H20N2O11P2/c20-13-7-9-19(17(23)18(13)8-6-11-4-2-1-3-5-11)16-15(22)14(21)12(29-16)10-28-32(26,27)30-31(24)25/h1-5,7,9,12,14-16,21-22H,6,8,10H2,(H-,24,25,26,27)/p+1/t12?,14?,15-,16?/m0/s1. The number of nitrogens with zero attached hydrogens (tertiary/aromatic N) is 2. The van der Waals surface area contributed by atoms with Crippen LogP contribution in [0.15, 0.2) is 52.2 Å². The van der Waals surface area contributed by atoms with E-state index in [1.165, 1.54) is 0 Å². The Labute approximate surface area is 181 Å². The Balaban J connectivity index is 1.76. The molecule has 1 saturated heterocycles. The van der Waals surface area contributed by atoms with Crippen LogP contribution in [0.4, 0.5) is 0 Å². The van der Waals surface area contributed by atoms with Gasteiger partial charge in [0.25, 0.3) is 5.56 Å². The highest BCUT2D eigenvalue weighted by Crippen LogP contribution is 2.51. The van der Waals surface area contributed by atoms with Gasteiger partial charge in [0, 0.05) is 23.4 Å². The first-order chi connectivity index (χ1) is 15.1. The fourth-order valence-electron chi connectivity index (χ4n) is 3.19. The van der Waals surface area contributed by atoms with E-state index in [-0.39, 0.29) is 6.54 Å². The lowest BCUT2D eigenvalue weighted by Crippen LogP contribution is -2.43. The summed E-state index contributed by atoms with van der Waals surface area (Å²) in [7, 11) is -8.35. The second-order valence-corrected chi connectivity index (χ2v) is 9.19. The lowest BCUT2D eigenvalue weighted by atomic mass is 10.1. The molecule has 0 bridgehead atoms. The van der Waals surface area contributed by atoms with E-state index >= 15 is 0 Å². The average Bonchev–Trinajstić information content (AvgIpc) is 3.00. The summed E-state index contributed by atoms with van der Waals surface area (Å²) >= 11 is 0. The van der Waals surface area contributed by atoms with Crippen LogP contribution in [0.1, 0.15) is 11.8 Å². The van der Waals surface area contributed by atoms with Gasteiger partial charge in [0.2, 0.25) is 0 Å². The van der Waals surface area contributed by atoms with Gasteiger partial charge in [-0.1, -0.05) is 30.3 Å². The molecule has 1 fully saturated rings. The van der Waals surface area contributed by atoms with Crippen molar-refractivity contribution in [1.82, 2.24) is 9.13 Å². The fourth-order valence-corrected chi connectivity index (χ4v) is 4.42. The summed E-state index contributed by atoms with van der Waals surface area (Å²) in [5.41, 5.74) is -0.453. The van der Waals surface area contributed by atoms with Crippen molar-refractivity contribution >= 4 is 16.1 Å². The third kappa shape index (κ3) is 5.84. The van der Waals surface area contributed by atoms with E-state index in [4.69, 9.17) is 9.63 Å². The molecule has 0 amide bonds. The Morgan fingerprint density at radius 2 is 1.81 bits per heavy atom. The minimum Gasteiger partial charge on any atom is -0.387 e. The van der Waals surface area contributed by atoms with Gasteiger partial charge in [-0.2, -0.15) is 0 Å². The summed E-state index contributed by atoms with van der Waals surface area (Å²) in [5.74, 6) is 0. The van der Waals surface area contributed by atoms with Gasteiger partial charge in [-0.25, -0.2) is 9.36 Å². The van der Waals surface area contributed by atoms with Crippen LogP contribution >= 0.6 is 16.1 Å². The maximum Gasteiger partial charge on any atom is 0.705 e. The molecular formula is C17H21N2O11P2+. The van der Waals surface area contributed by atoms with Crippen LogP contribution in [0.2, 0.25) is 0 Å². The van der Waals surface area contributed by atoms with Crippen LogP contribution in [0.25, 0.3) is 0 Å². The van der Waals surface area contributed by atoms with Gasteiger partial charge < -0.3 is 14.9 Å². The van der Waals surface area contributed by atoms with Gasteiger partial charge in [-0.15, -0.1) is 4.89 Å². The van der Waals surface area contributed by atoms with Gasteiger partial charge in [0.15, 0.2) is 6.23 Å². The molecule has 32 heavy (non-hydrogen) atoms. The van der Waals surface area contributed by atoms with Crippen LogP contribution in [-0.4, -0.2) is 54.1 Å². The molecule has 174 valence electrons. The number of aromatic nitrogens is 2. The van der Waals surface area contributed by atoms with E-state index in [0.29, 0.717) is 6.42 Å². The summed E-state index contributed by atoms with van der Waals surface area (Å²) < 4.78 is 37.7. The van der Waals surface area contributed by atoms with Crippen molar-refractivity contribution in [2.75, 3.05) is 6.61 Å². The van der Waals surface area contributed by atoms with E-state index in [1.54, 1.807) is 0 Å². The molecule has 0 saturated carbocycles. The lowest BCUT2D eigenvalue weighted by molar-refractivity contribution is -0.0546. The van der Waals surface area contributed by atoms with Crippen LogP contribution in [0, 0.1) is 0 Å². The highest BCUT2D eigenvalue weighted by atomic mass is 31.2. The molecule has 0 radical (unpaired) electrons. The van der Waals surface area contributed by atoms with Crippen molar-refractivity contribution in [3.05, 3.63) is 69.0 Å². The van der Waals surface area contributed by atoms with E-state index in [0.717, 1.165) is 27.0 Å². The van der Waals surface area contributed by atoms with E-state index in [9.17, 15) is 33.8 Å². The molecule has 3 rings (SSSR count). The van der Waals surface area contributed by atoms with E-state index in [2.05, 4.69) is 8.83 Å². The van der Waals surface area contributed by atoms with Gasteiger partial charge in [0.05, 0.1) is 6.61 Å². The maximum atomic E-state index is 12.9. The average molecular weight is 491 g/mol. The topological polar surface area (TPSA) is 187 Å². The third-order valence-electron chi connectivity index (χ3n) is 4.75. The van der Waals surface area contributed by atoms with E-state index in [1.807, 2.05) is 30.3 Å². The number of ether oxygens (including phenoxy) is 1. The number of aliphatic hydroxyl groups is 2. The Morgan fingerprint density at radius 3 is 2.47 bits per heavy atom. The molecule has 6 atom stereocenters. The first-order valence-electron chi connectivity index (χ1n) is 9.30. The SMILES string of the molecule is O=c1ccn(C2OC(COP(=O)(O)O[P+](=O)O)C(O)[C@@H]2O)c(=O)n1CCc1ccccc1. The summed E-state index contributed by atoms with van der Waals surface area (Å²) in [6, 6.07) is 10.3. The maximum absolute atomic E-state index is 12.9. The Morgan fingerprint density at radius 1 is 1.12 bits per heavy atom. The Hall–Kier alpha value is -2.05. The zero-order chi connectivity index (χ0) is 23.5. The second kappa shape index (κ2) is 10.3. The Bertz CT molecular complexity index is 1120. The van der Waals surface area contributed by atoms with Crippen LogP contribution in [0.3, 0.4) is 0 Å². The second-order valence-electron chi connectivity index (χ2n) is 6.86. The van der Waals surface area contributed by atoms with Gasteiger partial charge in [0.1, 0.15) is 18.3 Å². The van der Waals surface area contributed by atoms with Crippen LogP contribution in [-0.2, 0) is 35.7 Å². The molecule has 2 heterocycles. The molecule has 0 aliphatic carbocycles. The van der Waals surface area contributed by atoms with Crippen molar-refractivity contribution in [3.8, 4) is 0 Å². The van der Waals surface area contributed by atoms with Gasteiger partial charge in [-0.05, 0) is 16.3 Å². The quantitative estimate of drug-likeness (QED) is 0.336. The largest absolute Gasteiger partial charge is 0.705 e. The number of rotatable bonds is 9. The molecule has 1 aliphatic heterocycles. The fraction of sp³-hybridized carbons (Fsp3) is 0.412. The normalized spacial score (nSPS) is 25.4. The number of aryl methyl sites for hydroxylation is 1. The molecule has 4 N–H and O–H groups in total. The predicted molar refractivity (Wildman–Crippen MR) is 108 cm³/mol. The van der Waals surface area contributed by atoms with Crippen molar-refractivity contribution in [1.29, 1.82) is 0 Å². The number of hydrogen-bond acceptors (Lipinski definition) is 9. The molecule has 0 spiro atoms. The first-order valence-corrected chi connectivity index (χ1v) is 11.9. The van der Waals surface area contributed by atoms with Crippen LogP contribution in [0.5, 0.6) is 0 Å². The zero-order valence-corrected chi connectivity index (χ0v) is 18.2. The molecular weight excluding hydrogens is 470 g/mol. The molecule has 13 nitrogen and oxygen atoms in total.